The molecule has 0 unspecified atom stereocenters. The van der Waals surface area contributed by atoms with Crippen molar-refractivity contribution in [1.82, 2.24) is 0 Å². The van der Waals surface area contributed by atoms with Crippen LogP contribution >= 0.6 is 0 Å². The van der Waals surface area contributed by atoms with Gasteiger partial charge in [-0.25, -0.2) is 0 Å². The molecule has 6 heteroatoms. The second-order valence-electron chi connectivity index (χ2n) is 1.52. The molecular weight excluding hydrogens is 133 g/mol. The summed E-state index contributed by atoms with van der Waals surface area (Å²) in [6, 6.07) is -1.40. The third kappa shape index (κ3) is 5.63. The average molecular weight is 139 g/mol. The van der Waals surface area contributed by atoms with E-state index in [1.807, 2.05) is 0 Å². The van der Waals surface area contributed by atoms with E-state index in [0.717, 1.165) is 0 Å². The number of carbonyl (C=O) groups is 2. The van der Waals surface area contributed by atoms with Crippen molar-refractivity contribution in [3.63, 3.8) is 0 Å². The van der Waals surface area contributed by atoms with Gasteiger partial charge in [-0.2, -0.15) is 0 Å². The van der Waals surface area contributed by atoms with Gasteiger partial charge in [0.15, 0.2) is 0 Å². The molecule has 1 atom stereocenters. The van der Waals surface area contributed by atoms with Crippen molar-refractivity contribution in [3.8, 4) is 0 Å². The van der Waals surface area contributed by atoms with Gasteiger partial charge in [0.25, 0.3) is 0 Å². The van der Waals surface area contributed by atoms with E-state index in [0.29, 0.717) is 0 Å². The Hall–Kier alpha value is -0.503. The molecule has 0 aliphatic heterocycles. The Kier molecular flexibility index (Phi) is 6.46. The summed E-state index contributed by atoms with van der Waals surface area (Å²) in [5, 5.41) is 17.7. The summed E-state index contributed by atoms with van der Waals surface area (Å²) in [6.45, 7) is 0. The van der Waals surface area contributed by atoms with Crippen LogP contribution in [0.5, 0.6) is 0 Å². The van der Waals surface area contributed by atoms with Crippen LogP contribution in [0.2, 0.25) is 0 Å². The van der Waals surface area contributed by atoms with Crippen molar-refractivity contribution in [2.75, 3.05) is 0 Å². The number of carboxylic acid groups (broad SMARTS) is 2. The van der Waals surface area contributed by atoms with Crippen LogP contribution in [0.4, 0.5) is 0 Å². The minimum Gasteiger partial charge on any atom is -0.548 e. The first-order chi connectivity index (χ1) is 4.04. The largest absolute Gasteiger partial charge is 1.00 e. The summed E-state index contributed by atoms with van der Waals surface area (Å²) in [5.41, 5.74) is 4.77. The van der Waals surface area contributed by atoms with E-state index in [1.54, 1.807) is 0 Å². The molecular formula is C4H6LiNO4. The number of nitrogens with two attached hydrogens (primary N) is 1. The molecule has 0 aromatic rings. The molecule has 0 aliphatic carbocycles. The fraction of sp³-hybridized carbons (Fsp3) is 0.500. The number of hydrogen-bond acceptors (Lipinski definition) is 4. The topological polar surface area (TPSA) is 103 Å². The zero-order valence-corrected chi connectivity index (χ0v) is 5.53. The maximum atomic E-state index is 9.74. The van der Waals surface area contributed by atoms with Gasteiger partial charge < -0.3 is 20.7 Å². The Bertz CT molecular complexity index is 137. The number of hydrogen-bond donors (Lipinski definition) is 2. The van der Waals surface area contributed by atoms with Crippen molar-refractivity contribution in [2.45, 2.75) is 12.5 Å². The predicted octanol–water partition coefficient (Wildman–Crippen LogP) is -5.46. The van der Waals surface area contributed by atoms with Crippen LogP contribution in [-0.4, -0.2) is 23.1 Å². The smallest absolute Gasteiger partial charge is 0.548 e. The second kappa shape index (κ2) is 5.30. The molecule has 0 aliphatic rings. The van der Waals surface area contributed by atoms with Crippen LogP contribution in [0.3, 0.4) is 0 Å². The van der Waals surface area contributed by atoms with Gasteiger partial charge in [0.1, 0.15) is 0 Å². The average Bonchev–Trinajstić information content (AvgIpc) is 1.63. The Labute approximate surface area is 69.4 Å². The summed E-state index contributed by atoms with van der Waals surface area (Å²) in [5.74, 6) is -2.79. The first kappa shape index (κ1) is 12.2. The third-order valence-corrected chi connectivity index (χ3v) is 0.697. The molecule has 52 valence electrons. The van der Waals surface area contributed by atoms with Gasteiger partial charge in [-0.05, 0) is 0 Å². The third-order valence-electron chi connectivity index (χ3n) is 0.697. The number of carboxylic acids is 2. The molecule has 0 aromatic heterocycles. The molecule has 5 nitrogen and oxygen atoms in total. The van der Waals surface area contributed by atoms with Gasteiger partial charge in [-0.15, -0.1) is 0 Å². The molecule has 0 bridgehead atoms. The van der Waals surface area contributed by atoms with E-state index in [2.05, 4.69) is 0 Å². The minimum atomic E-state index is -1.54. The molecule has 10 heavy (non-hydrogen) atoms. The number of aliphatic carboxylic acids is 2. The molecule has 0 radical (unpaired) electrons. The molecule has 0 amide bonds. The summed E-state index contributed by atoms with van der Waals surface area (Å²) in [7, 11) is 0. The van der Waals surface area contributed by atoms with Crippen LogP contribution in [-0.2, 0) is 9.59 Å². The fourth-order valence-corrected chi connectivity index (χ4v) is 0.271. The second-order valence-corrected chi connectivity index (χ2v) is 1.52. The number of carbonyl (C=O) groups excluding carboxylic acids is 1. The Morgan fingerprint density at radius 1 is 1.60 bits per heavy atom. The Morgan fingerprint density at radius 3 is 2.10 bits per heavy atom. The molecule has 0 spiro atoms. The molecule has 0 rings (SSSR count). The minimum absolute atomic E-state index is 0. The Morgan fingerprint density at radius 2 is 2.00 bits per heavy atom. The zero-order chi connectivity index (χ0) is 7.44. The van der Waals surface area contributed by atoms with Gasteiger partial charge in [0, 0.05) is 0 Å². The van der Waals surface area contributed by atoms with E-state index < -0.39 is 24.4 Å². The van der Waals surface area contributed by atoms with Gasteiger partial charge in [0.2, 0.25) is 0 Å². The fourth-order valence-electron chi connectivity index (χ4n) is 0.271. The summed E-state index contributed by atoms with van der Waals surface area (Å²) < 4.78 is 0. The van der Waals surface area contributed by atoms with E-state index in [-0.39, 0.29) is 18.9 Å². The van der Waals surface area contributed by atoms with E-state index in [9.17, 15) is 14.7 Å². The summed E-state index contributed by atoms with van der Waals surface area (Å²) in [6.07, 6.45) is -0.595. The first-order valence-electron chi connectivity index (χ1n) is 2.22. The van der Waals surface area contributed by atoms with Crippen LogP contribution in [0, 0.1) is 0 Å². The SMILES string of the molecule is N[C@@H](CC(=O)O)C(=O)[O-].[Li+]. The molecule has 3 N–H and O–H groups in total. The summed E-state index contributed by atoms with van der Waals surface area (Å²) >= 11 is 0. The van der Waals surface area contributed by atoms with Crippen molar-refractivity contribution in [1.29, 1.82) is 0 Å². The van der Waals surface area contributed by atoms with Gasteiger partial charge in [-0.3, -0.25) is 4.79 Å². The maximum Gasteiger partial charge on any atom is 1.00 e. The van der Waals surface area contributed by atoms with E-state index >= 15 is 0 Å². The van der Waals surface area contributed by atoms with Crippen molar-refractivity contribution in [2.24, 2.45) is 5.73 Å². The Balaban J connectivity index is 0. The normalized spacial score (nSPS) is 11.3. The monoisotopic (exact) mass is 139 g/mol. The van der Waals surface area contributed by atoms with Crippen LogP contribution in [0.25, 0.3) is 0 Å². The van der Waals surface area contributed by atoms with Gasteiger partial charge >= 0.3 is 24.8 Å². The molecule has 0 saturated heterocycles. The molecule has 0 saturated carbocycles. The van der Waals surface area contributed by atoms with Gasteiger partial charge in [0.05, 0.1) is 18.4 Å². The molecule has 0 heterocycles. The van der Waals surface area contributed by atoms with Gasteiger partial charge in [-0.1, -0.05) is 0 Å². The standard InChI is InChI=1S/C4H7NO4.Li/c5-2(4(8)9)1-3(6)7;/h2H,1,5H2,(H,6,7)(H,8,9);/q;+1/p-1/t2-;/m0./s1. The summed E-state index contributed by atoms with van der Waals surface area (Å²) in [4.78, 5) is 19.5. The van der Waals surface area contributed by atoms with Crippen LogP contribution in [0.15, 0.2) is 0 Å². The van der Waals surface area contributed by atoms with Crippen LogP contribution in [0.1, 0.15) is 6.42 Å². The van der Waals surface area contributed by atoms with E-state index in [4.69, 9.17) is 10.8 Å². The van der Waals surface area contributed by atoms with Crippen LogP contribution < -0.4 is 29.7 Å². The zero-order valence-electron chi connectivity index (χ0n) is 5.53. The quantitative estimate of drug-likeness (QED) is 0.379. The van der Waals surface area contributed by atoms with Crippen molar-refractivity contribution >= 4 is 11.9 Å². The first-order valence-corrected chi connectivity index (χ1v) is 2.22. The molecule has 0 aromatic carbocycles. The van der Waals surface area contributed by atoms with Crippen molar-refractivity contribution in [3.05, 3.63) is 0 Å². The van der Waals surface area contributed by atoms with E-state index in [1.165, 1.54) is 0 Å². The van der Waals surface area contributed by atoms with Crippen molar-refractivity contribution < 1.29 is 38.7 Å². The maximum absolute atomic E-state index is 9.74. The predicted molar refractivity (Wildman–Crippen MR) is 25.2 cm³/mol. The molecule has 0 fully saturated rings. The number of rotatable bonds is 3.